The third-order valence-corrected chi connectivity index (χ3v) is 6.46. The Morgan fingerprint density at radius 1 is 1.04 bits per heavy atom. The average molecular weight is 367 g/mol. The molecule has 3 aliphatic rings. The van der Waals surface area contributed by atoms with Crippen LogP contribution in [0.15, 0.2) is 23.1 Å². The summed E-state index contributed by atoms with van der Waals surface area (Å²) < 4.78 is 4.16. The van der Waals surface area contributed by atoms with Crippen molar-refractivity contribution >= 4 is 0 Å². The molecule has 4 heterocycles. The minimum absolute atomic E-state index is 0.0488. The van der Waals surface area contributed by atoms with Gasteiger partial charge in [-0.3, -0.25) is 9.69 Å². The van der Waals surface area contributed by atoms with Gasteiger partial charge in [-0.15, -0.1) is 0 Å². The SMILES string of the molecule is O=c1ccc(C2CC2)nn1CC1CCN(Cc2cnc3n2CCCC3)CC1. The van der Waals surface area contributed by atoms with Crippen molar-refractivity contribution in [3.8, 4) is 0 Å². The standard InChI is InChI=1S/C21H29N5O/c27-21-7-6-19(17-4-5-17)23-26(21)14-16-8-11-24(12-9-16)15-18-13-22-20-3-1-2-10-25(18)20/h6-7,13,16-17H,1-5,8-12,14-15H2. The van der Waals surface area contributed by atoms with Crippen molar-refractivity contribution in [2.75, 3.05) is 13.1 Å². The summed E-state index contributed by atoms with van der Waals surface area (Å²) in [5.74, 6) is 2.42. The van der Waals surface area contributed by atoms with Gasteiger partial charge in [-0.05, 0) is 63.6 Å². The van der Waals surface area contributed by atoms with E-state index in [0.717, 1.165) is 57.7 Å². The van der Waals surface area contributed by atoms with E-state index in [2.05, 4.69) is 25.7 Å². The Kier molecular flexibility index (Phi) is 4.60. The van der Waals surface area contributed by atoms with Gasteiger partial charge in [-0.25, -0.2) is 9.67 Å². The Morgan fingerprint density at radius 2 is 1.89 bits per heavy atom. The van der Waals surface area contributed by atoms with Gasteiger partial charge in [-0.2, -0.15) is 5.10 Å². The molecule has 1 saturated heterocycles. The molecule has 2 aromatic heterocycles. The van der Waals surface area contributed by atoms with E-state index in [-0.39, 0.29) is 5.56 Å². The highest BCUT2D eigenvalue weighted by atomic mass is 16.1. The van der Waals surface area contributed by atoms with E-state index in [9.17, 15) is 4.79 Å². The summed E-state index contributed by atoms with van der Waals surface area (Å²) >= 11 is 0. The number of imidazole rings is 1. The molecule has 5 rings (SSSR count). The van der Waals surface area contributed by atoms with Crippen molar-refractivity contribution in [3.63, 3.8) is 0 Å². The normalized spacial score (nSPS) is 21.3. The van der Waals surface area contributed by atoms with Crippen LogP contribution in [0.3, 0.4) is 0 Å². The molecule has 6 nitrogen and oxygen atoms in total. The topological polar surface area (TPSA) is 56.0 Å². The van der Waals surface area contributed by atoms with Crippen LogP contribution in [0.4, 0.5) is 0 Å². The molecule has 0 aromatic carbocycles. The molecule has 1 saturated carbocycles. The minimum Gasteiger partial charge on any atom is -0.331 e. The van der Waals surface area contributed by atoms with Crippen LogP contribution in [0.1, 0.15) is 61.7 Å². The van der Waals surface area contributed by atoms with Crippen molar-refractivity contribution in [1.82, 2.24) is 24.2 Å². The predicted molar refractivity (Wildman–Crippen MR) is 104 cm³/mol. The lowest BCUT2D eigenvalue weighted by Gasteiger charge is -2.32. The highest BCUT2D eigenvalue weighted by Gasteiger charge is 2.26. The molecule has 6 heteroatoms. The van der Waals surface area contributed by atoms with Gasteiger partial charge in [0.05, 0.1) is 11.4 Å². The largest absolute Gasteiger partial charge is 0.331 e. The molecular formula is C21H29N5O. The number of aryl methyl sites for hydroxylation is 1. The van der Waals surface area contributed by atoms with Crippen LogP contribution < -0.4 is 5.56 Å². The summed E-state index contributed by atoms with van der Waals surface area (Å²) in [6.45, 7) is 5.11. The second-order valence-electron chi connectivity index (χ2n) is 8.55. The van der Waals surface area contributed by atoms with Crippen LogP contribution in [0.25, 0.3) is 0 Å². The molecule has 0 atom stereocenters. The van der Waals surface area contributed by atoms with Gasteiger partial charge in [0.2, 0.25) is 0 Å². The first-order chi connectivity index (χ1) is 13.3. The van der Waals surface area contributed by atoms with Gasteiger partial charge in [0.15, 0.2) is 0 Å². The van der Waals surface area contributed by atoms with E-state index in [1.165, 1.54) is 37.2 Å². The number of hydrogen-bond acceptors (Lipinski definition) is 4. The van der Waals surface area contributed by atoms with Crippen molar-refractivity contribution in [2.24, 2.45) is 5.92 Å². The molecule has 0 amide bonds. The highest BCUT2D eigenvalue weighted by molar-refractivity contribution is 5.12. The van der Waals surface area contributed by atoms with Crippen LogP contribution in [-0.2, 0) is 26.1 Å². The maximum atomic E-state index is 12.2. The maximum absolute atomic E-state index is 12.2. The van der Waals surface area contributed by atoms with Crippen molar-refractivity contribution in [3.05, 3.63) is 45.9 Å². The second kappa shape index (κ2) is 7.23. The van der Waals surface area contributed by atoms with E-state index in [4.69, 9.17) is 0 Å². The zero-order valence-corrected chi connectivity index (χ0v) is 16.0. The molecule has 2 aromatic rings. The Hall–Kier alpha value is -1.95. The Balaban J connectivity index is 1.18. The number of likely N-dealkylation sites (tertiary alicyclic amines) is 1. The predicted octanol–water partition coefficient (Wildman–Crippen LogP) is 2.57. The van der Waals surface area contributed by atoms with Crippen molar-refractivity contribution < 1.29 is 0 Å². The minimum atomic E-state index is 0.0488. The monoisotopic (exact) mass is 367 g/mol. The lowest BCUT2D eigenvalue weighted by Crippen LogP contribution is -2.37. The van der Waals surface area contributed by atoms with Crippen LogP contribution in [0.5, 0.6) is 0 Å². The number of aromatic nitrogens is 4. The fraction of sp³-hybridized carbons (Fsp3) is 0.667. The molecule has 0 N–H and O–H groups in total. The number of fused-ring (bicyclic) bond motifs is 1. The summed E-state index contributed by atoms with van der Waals surface area (Å²) in [5.41, 5.74) is 2.53. The van der Waals surface area contributed by atoms with Gasteiger partial charge in [-0.1, -0.05) is 0 Å². The van der Waals surface area contributed by atoms with Crippen LogP contribution >= 0.6 is 0 Å². The van der Waals surface area contributed by atoms with E-state index in [0.29, 0.717) is 11.8 Å². The Morgan fingerprint density at radius 3 is 2.70 bits per heavy atom. The molecular weight excluding hydrogens is 338 g/mol. The van der Waals surface area contributed by atoms with E-state index >= 15 is 0 Å². The van der Waals surface area contributed by atoms with E-state index in [1.807, 2.05) is 6.07 Å². The van der Waals surface area contributed by atoms with Gasteiger partial charge < -0.3 is 4.57 Å². The van der Waals surface area contributed by atoms with Crippen LogP contribution in [-0.4, -0.2) is 37.3 Å². The molecule has 2 aliphatic heterocycles. The van der Waals surface area contributed by atoms with Crippen LogP contribution in [0, 0.1) is 5.92 Å². The van der Waals surface area contributed by atoms with Gasteiger partial charge in [0.25, 0.3) is 5.56 Å². The second-order valence-corrected chi connectivity index (χ2v) is 8.55. The summed E-state index contributed by atoms with van der Waals surface area (Å²) in [4.78, 5) is 19.3. The number of hydrogen-bond donors (Lipinski definition) is 0. The lowest BCUT2D eigenvalue weighted by molar-refractivity contribution is 0.160. The molecule has 144 valence electrons. The molecule has 27 heavy (non-hydrogen) atoms. The molecule has 1 aliphatic carbocycles. The zero-order valence-electron chi connectivity index (χ0n) is 16.0. The first-order valence-corrected chi connectivity index (χ1v) is 10.6. The van der Waals surface area contributed by atoms with Crippen LogP contribution in [0.2, 0.25) is 0 Å². The third-order valence-electron chi connectivity index (χ3n) is 6.46. The molecule has 0 bridgehead atoms. The lowest BCUT2D eigenvalue weighted by atomic mass is 9.96. The quantitative estimate of drug-likeness (QED) is 0.815. The fourth-order valence-corrected chi connectivity index (χ4v) is 4.60. The third kappa shape index (κ3) is 3.72. The summed E-state index contributed by atoms with van der Waals surface area (Å²) in [6, 6.07) is 3.63. The summed E-state index contributed by atoms with van der Waals surface area (Å²) in [7, 11) is 0. The van der Waals surface area contributed by atoms with Crippen molar-refractivity contribution in [2.45, 2.75) is 70.5 Å². The van der Waals surface area contributed by atoms with Gasteiger partial charge in [0, 0.05) is 44.2 Å². The highest BCUT2D eigenvalue weighted by Crippen LogP contribution is 2.38. The molecule has 2 fully saturated rings. The Bertz CT molecular complexity index is 858. The average Bonchev–Trinajstić information content (AvgIpc) is 3.47. The molecule has 0 radical (unpaired) electrons. The zero-order chi connectivity index (χ0) is 18.2. The molecule has 0 unspecified atom stereocenters. The van der Waals surface area contributed by atoms with Gasteiger partial charge >= 0.3 is 0 Å². The number of rotatable bonds is 5. The Labute approximate surface area is 160 Å². The number of nitrogens with zero attached hydrogens (tertiary/aromatic N) is 5. The van der Waals surface area contributed by atoms with E-state index in [1.54, 1.807) is 10.7 Å². The number of piperidine rings is 1. The first kappa shape index (κ1) is 17.2. The molecule has 0 spiro atoms. The smallest absolute Gasteiger partial charge is 0.266 e. The first-order valence-electron chi connectivity index (χ1n) is 10.6. The van der Waals surface area contributed by atoms with Gasteiger partial charge in [0.1, 0.15) is 5.82 Å². The summed E-state index contributed by atoms with van der Waals surface area (Å²) in [6.07, 6.45) is 10.5. The fourth-order valence-electron chi connectivity index (χ4n) is 4.60. The van der Waals surface area contributed by atoms with Crippen molar-refractivity contribution in [1.29, 1.82) is 0 Å². The maximum Gasteiger partial charge on any atom is 0.266 e. The van der Waals surface area contributed by atoms with E-state index < -0.39 is 0 Å². The summed E-state index contributed by atoms with van der Waals surface area (Å²) in [5, 5.41) is 4.64.